The molecule has 0 N–H and O–H groups in total. The molecule has 0 rings (SSSR count). The first-order valence-electron chi connectivity index (χ1n) is 6.87. The third kappa shape index (κ3) is 10.0. The Bertz CT molecular complexity index is 146. The minimum Gasteiger partial charge on any atom is -0.0999 e. The molecule has 0 saturated heterocycles. The summed E-state index contributed by atoms with van der Waals surface area (Å²) in [6.07, 6.45) is 12.1. The lowest BCUT2D eigenvalue weighted by Gasteiger charge is -2.12. The highest BCUT2D eigenvalue weighted by molar-refractivity contribution is 4.94. The molecule has 0 amide bonds. The Morgan fingerprint density at radius 3 is 2.27 bits per heavy atom. The first-order chi connectivity index (χ1) is 7.20. The van der Waals surface area contributed by atoms with Gasteiger partial charge in [-0.2, -0.15) is 0 Å². The molecule has 90 valence electrons. The fourth-order valence-corrected chi connectivity index (χ4v) is 2.17. The zero-order chi connectivity index (χ0) is 11.5. The van der Waals surface area contributed by atoms with Crippen LogP contribution in [0.1, 0.15) is 78.6 Å². The largest absolute Gasteiger partial charge is 0.0999 e. The van der Waals surface area contributed by atoms with E-state index in [1.165, 1.54) is 63.4 Å². The van der Waals surface area contributed by atoms with Crippen LogP contribution >= 0.6 is 0 Å². The van der Waals surface area contributed by atoms with Gasteiger partial charge in [-0.1, -0.05) is 71.4 Å². The highest BCUT2D eigenvalue weighted by Gasteiger charge is 2.03. The topological polar surface area (TPSA) is 0 Å². The lowest BCUT2D eigenvalue weighted by Crippen LogP contribution is -1.96. The monoisotopic (exact) mass is 210 g/mol. The van der Waals surface area contributed by atoms with Crippen LogP contribution in [0.15, 0.2) is 12.2 Å². The van der Waals surface area contributed by atoms with Gasteiger partial charge >= 0.3 is 0 Å². The summed E-state index contributed by atoms with van der Waals surface area (Å²) in [5.74, 6) is 0.846. The first-order valence-corrected chi connectivity index (χ1v) is 6.87. The Morgan fingerprint density at radius 2 is 1.67 bits per heavy atom. The predicted molar refractivity (Wildman–Crippen MR) is 71.2 cm³/mol. The van der Waals surface area contributed by atoms with Gasteiger partial charge in [0.25, 0.3) is 0 Å². The summed E-state index contributed by atoms with van der Waals surface area (Å²) in [5, 5.41) is 0. The van der Waals surface area contributed by atoms with Crippen LogP contribution in [-0.4, -0.2) is 0 Å². The number of unbranched alkanes of at least 4 members (excludes halogenated alkanes) is 4. The second-order valence-corrected chi connectivity index (χ2v) is 5.01. The third-order valence-corrected chi connectivity index (χ3v) is 3.05. The van der Waals surface area contributed by atoms with Crippen LogP contribution in [0.4, 0.5) is 0 Å². The van der Waals surface area contributed by atoms with Crippen molar-refractivity contribution in [2.75, 3.05) is 0 Å². The van der Waals surface area contributed by atoms with Gasteiger partial charge in [0.15, 0.2) is 0 Å². The SMILES string of the molecule is C=C(CCCCCCC)CC(C)CCC. The minimum absolute atomic E-state index is 0.846. The maximum Gasteiger partial charge on any atom is -0.0297 e. The van der Waals surface area contributed by atoms with E-state index in [-0.39, 0.29) is 0 Å². The van der Waals surface area contributed by atoms with E-state index in [2.05, 4.69) is 27.4 Å². The summed E-state index contributed by atoms with van der Waals surface area (Å²) < 4.78 is 0. The molecular weight excluding hydrogens is 180 g/mol. The Balaban J connectivity index is 3.32. The fourth-order valence-electron chi connectivity index (χ4n) is 2.17. The lowest BCUT2D eigenvalue weighted by molar-refractivity contribution is 0.507. The fraction of sp³-hybridized carbons (Fsp3) is 0.867. The van der Waals surface area contributed by atoms with Crippen molar-refractivity contribution in [3.05, 3.63) is 12.2 Å². The predicted octanol–water partition coefficient (Wildman–Crippen LogP) is 5.73. The Kier molecular flexibility index (Phi) is 10.1. The van der Waals surface area contributed by atoms with Crippen molar-refractivity contribution in [2.45, 2.75) is 78.6 Å². The van der Waals surface area contributed by atoms with E-state index in [9.17, 15) is 0 Å². The molecule has 0 fully saturated rings. The van der Waals surface area contributed by atoms with Crippen molar-refractivity contribution >= 4 is 0 Å². The molecule has 1 atom stereocenters. The standard InChI is InChI=1S/C15H30/c1-5-7-8-9-10-12-15(4)13-14(3)11-6-2/h14H,4-13H2,1-3H3. The van der Waals surface area contributed by atoms with Gasteiger partial charge in [-0.15, -0.1) is 0 Å². The van der Waals surface area contributed by atoms with Crippen LogP contribution in [0.2, 0.25) is 0 Å². The quantitative estimate of drug-likeness (QED) is 0.319. The molecule has 0 radical (unpaired) electrons. The Morgan fingerprint density at radius 1 is 1.00 bits per heavy atom. The zero-order valence-electron chi connectivity index (χ0n) is 11.1. The molecule has 0 aliphatic heterocycles. The van der Waals surface area contributed by atoms with E-state index < -0.39 is 0 Å². The molecular formula is C15H30. The van der Waals surface area contributed by atoms with Gasteiger partial charge in [-0.05, 0) is 25.2 Å². The minimum atomic E-state index is 0.846. The lowest BCUT2D eigenvalue weighted by atomic mass is 9.94. The number of hydrogen-bond donors (Lipinski definition) is 0. The van der Waals surface area contributed by atoms with Gasteiger partial charge in [0.05, 0.1) is 0 Å². The van der Waals surface area contributed by atoms with Gasteiger partial charge in [-0.25, -0.2) is 0 Å². The van der Waals surface area contributed by atoms with Gasteiger partial charge in [-0.3, -0.25) is 0 Å². The molecule has 0 aromatic rings. The van der Waals surface area contributed by atoms with E-state index >= 15 is 0 Å². The molecule has 0 aliphatic rings. The van der Waals surface area contributed by atoms with Crippen molar-refractivity contribution in [3.8, 4) is 0 Å². The second-order valence-electron chi connectivity index (χ2n) is 5.01. The Labute approximate surface area is 97.2 Å². The summed E-state index contributed by atoms with van der Waals surface area (Å²) in [7, 11) is 0. The smallest absolute Gasteiger partial charge is 0.0297 e. The van der Waals surface area contributed by atoms with E-state index in [0.29, 0.717) is 0 Å². The molecule has 1 unspecified atom stereocenters. The van der Waals surface area contributed by atoms with Crippen molar-refractivity contribution in [2.24, 2.45) is 5.92 Å². The highest BCUT2D eigenvalue weighted by atomic mass is 14.1. The van der Waals surface area contributed by atoms with Crippen LogP contribution in [-0.2, 0) is 0 Å². The third-order valence-electron chi connectivity index (χ3n) is 3.05. The van der Waals surface area contributed by atoms with Crippen molar-refractivity contribution in [1.82, 2.24) is 0 Å². The molecule has 0 heterocycles. The van der Waals surface area contributed by atoms with Crippen LogP contribution in [0, 0.1) is 5.92 Å². The number of rotatable bonds is 10. The van der Waals surface area contributed by atoms with E-state index in [0.717, 1.165) is 5.92 Å². The van der Waals surface area contributed by atoms with Crippen molar-refractivity contribution in [1.29, 1.82) is 0 Å². The normalized spacial score (nSPS) is 12.7. The maximum absolute atomic E-state index is 4.19. The van der Waals surface area contributed by atoms with Crippen molar-refractivity contribution in [3.63, 3.8) is 0 Å². The van der Waals surface area contributed by atoms with Gasteiger partial charge in [0.2, 0.25) is 0 Å². The molecule has 0 bridgehead atoms. The maximum atomic E-state index is 4.19. The molecule has 15 heavy (non-hydrogen) atoms. The Hall–Kier alpha value is -0.260. The van der Waals surface area contributed by atoms with E-state index in [4.69, 9.17) is 0 Å². The van der Waals surface area contributed by atoms with Gasteiger partial charge in [0, 0.05) is 0 Å². The number of allylic oxidation sites excluding steroid dienone is 1. The summed E-state index contributed by atoms with van der Waals surface area (Å²) in [6, 6.07) is 0. The van der Waals surface area contributed by atoms with Gasteiger partial charge in [0.1, 0.15) is 0 Å². The second kappa shape index (κ2) is 10.3. The van der Waals surface area contributed by atoms with Crippen LogP contribution in [0.25, 0.3) is 0 Å². The summed E-state index contributed by atoms with van der Waals surface area (Å²) in [5.41, 5.74) is 1.48. The van der Waals surface area contributed by atoms with E-state index in [1.54, 1.807) is 0 Å². The van der Waals surface area contributed by atoms with Crippen LogP contribution < -0.4 is 0 Å². The molecule has 0 aromatic heterocycles. The number of hydrogen-bond acceptors (Lipinski definition) is 0. The van der Waals surface area contributed by atoms with Crippen LogP contribution in [0.3, 0.4) is 0 Å². The summed E-state index contributed by atoms with van der Waals surface area (Å²) >= 11 is 0. The van der Waals surface area contributed by atoms with Crippen LogP contribution in [0.5, 0.6) is 0 Å². The molecule has 0 spiro atoms. The highest BCUT2D eigenvalue weighted by Crippen LogP contribution is 2.19. The summed E-state index contributed by atoms with van der Waals surface area (Å²) in [6.45, 7) is 11.1. The average Bonchev–Trinajstić information content (AvgIpc) is 2.17. The first kappa shape index (κ1) is 14.7. The summed E-state index contributed by atoms with van der Waals surface area (Å²) in [4.78, 5) is 0. The van der Waals surface area contributed by atoms with Crippen molar-refractivity contribution < 1.29 is 0 Å². The van der Waals surface area contributed by atoms with E-state index in [1.807, 2.05) is 0 Å². The molecule has 0 aromatic carbocycles. The molecule has 0 nitrogen and oxygen atoms in total. The van der Waals surface area contributed by atoms with Gasteiger partial charge < -0.3 is 0 Å². The molecule has 0 heteroatoms. The average molecular weight is 210 g/mol. The molecule has 0 aliphatic carbocycles. The zero-order valence-corrected chi connectivity index (χ0v) is 11.1. The molecule has 0 saturated carbocycles.